The van der Waals surface area contributed by atoms with Gasteiger partial charge in [0.25, 0.3) is 5.56 Å². The monoisotopic (exact) mass is 321 g/mol. The number of benzene rings is 2. The summed E-state index contributed by atoms with van der Waals surface area (Å²) in [5, 5.41) is 2.52. The maximum Gasteiger partial charge on any atom is 0.269 e. The van der Waals surface area contributed by atoms with Crippen LogP contribution in [0, 0.1) is 0 Å². The fourth-order valence-corrected chi connectivity index (χ4v) is 4.65. The average molecular weight is 321 g/mol. The van der Waals surface area contributed by atoms with Crippen LogP contribution >= 0.6 is 11.3 Å². The van der Waals surface area contributed by atoms with Crippen LogP contribution in [0.15, 0.2) is 41.2 Å². The molecule has 1 aromatic heterocycles. The van der Waals surface area contributed by atoms with E-state index in [1.807, 2.05) is 6.92 Å². The molecule has 0 atom stereocenters. The van der Waals surface area contributed by atoms with Crippen LogP contribution in [0.1, 0.15) is 30.9 Å². The van der Waals surface area contributed by atoms with Crippen molar-refractivity contribution in [2.75, 3.05) is 0 Å². The lowest BCUT2D eigenvalue weighted by Crippen LogP contribution is -2.32. The van der Waals surface area contributed by atoms with Crippen LogP contribution in [0.5, 0.6) is 0 Å². The van der Waals surface area contributed by atoms with Gasteiger partial charge in [-0.15, -0.1) is 11.3 Å². The Morgan fingerprint density at radius 2 is 1.91 bits per heavy atom. The van der Waals surface area contributed by atoms with E-state index in [2.05, 4.69) is 43.0 Å². The highest BCUT2D eigenvalue weighted by atomic mass is 32.1. The van der Waals surface area contributed by atoms with Crippen molar-refractivity contribution in [1.82, 2.24) is 4.57 Å². The van der Waals surface area contributed by atoms with Crippen LogP contribution in [0.3, 0.4) is 0 Å². The van der Waals surface area contributed by atoms with Crippen molar-refractivity contribution in [3.05, 3.63) is 67.1 Å². The first kappa shape index (κ1) is 14.5. The maximum atomic E-state index is 12.7. The Hall–Kier alpha value is -2.13. The maximum absolute atomic E-state index is 12.7. The predicted octanol–water partition coefficient (Wildman–Crippen LogP) is 3.03. The zero-order chi connectivity index (χ0) is 16.0. The third-order valence-electron chi connectivity index (χ3n) is 4.72. The first-order valence-electron chi connectivity index (χ1n) is 8.13. The van der Waals surface area contributed by atoms with E-state index in [4.69, 9.17) is 0 Å². The first-order chi connectivity index (χ1) is 11.2. The third-order valence-corrected chi connectivity index (χ3v) is 5.80. The van der Waals surface area contributed by atoms with Gasteiger partial charge in [-0.1, -0.05) is 36.9 Å². The van der Waals surface area contributed by atoms with Crippen LogP contribution in [0.4, 0.5) is 0 Å². The van der Waals surface area contributed by atoms with E-state index >= 15 is 0 Å². The second-order valence-corrected chi connectivity index (χ2v) is 7.15. The minimum Gasteiger partial charge on any atom is -0.300 e. The average Bonchev–Trinajstić information content (AvgIpc) is 2.86. The number of rotatable bonds is 1. The predicted molar refractivity (Wildman–Crippen MR) is 98.4 cm³/mol. The number of aryl methyl sites for hydroxylation is 1. The molecule has 0 amide bonds. The Balaban J connectivity index is 2.08. The molecule has 3 heteroatoms. The fourth-order valence-electron chi connectivity index (χ4n) is 3.56. The smallest absolute Gasteiger partial charge is 0.269 e. The molecule has 3 aromatic rings. The molecule has 0 saturated carbocycles. The van der Waals surface area contributed by atoms with Crippen molar-refractivity contribution in [2.45, 2.75) is 32.7 Å². The van der Waals surface area contributed by atoms with E-state index in [1.54, 1.807) is 15.9 Å². The molecule has 0 spiro atoms. The highest BCUT2D eigenvalue weighted by Gasteiger charge is 2.18. The number of thiazole rings is 1. The first-order valence-corrected chi connectivity index (χ1v) is 8.94. The SMILES string of the molecule is C=c1s/c(=C2\CCCc3cc4ccccc4cc32)c(=O)n1CC. The molecular weight excluding hydrogens is 302 g/mol. The molecule has 0 aliphatic heterocycles. The van der Waals surface area contributed by atoms with Gasteiger partial charge in [-0.05, 0) is 59.7 Å². The second-order valence-electron chi connectivity index (χ2n) is 6.06. The molecule has 4 rings (SSSR count). The second kappa shape index (κ2) is 5.50. The van der Waals surface area contributed by atoms with E-state index < -0.39 is 0 Å². The zero-order valence-corrected chi connectivity index (χ0v) is 14.1. The standard InChI is InChI=1S/C20H19NOS/c1-3-21-13(2)23-19(20(21)22)17-10-6-9-16-11-14-7-4-5-8-15(14)12-18(16)17/h4-5,7-8,11-12H,2-3,6,9-10H2,1H3/b19-17+. The molecule has 2 aromatic carbocycles. The Kier molecular flexibility index (Phi) is 3.46. The zero-order valence-electron chi connectivity index (χ0n) is 13.3. The number of hydrogen-bond acceptors (Lipinski definition) is 2. The van der Waals surface area contributed by atoms with Gasteiger partial charge in [0, 0.05) is 6.54 Å². The van der Waals surface area contributed by atoms with E-state index in [9.17, 15) is 4.79 Å². The third kappa shape index (κ3) is 2.27. The van der Waals surface area contributed by atoms with Gasteiger partial charge in [-0.3, -0.25) is 9.36 Å². The van der Waals surface area contributed by atoms with E-state index in [-0.39, 0.29) is 5.56 Å². The van der Waals surface area contributed by atoms with Gasteiger partial charge in [-0.25, -0.2) is 0 Å². The van der Waals surface area contributed by atoms with Crippen molar-refractivity contribution in [3.63, 3.8) is 0 Å². The summed E-state index contributed by atoms with van der Waals surface area (Å²) >= 11 is 1.54. The Morgan fingerprint density at radius 1 is 1.17 bits per heavy atom. The number of aromatic nitrogens is 1. The van der Waals surface area contributed by atoms with Crippen LogP contribution in [-0.2, 0) is 13.0 Å². The molecule has 0 unspecified atom stereocenters. The molecule has 0 saturated heterocycles. The largest absolute Gasteiger partial charge is 0.300 e. The fraction of sp³-hybridized carbons (Fsp3) is 0.250. The summed E-state index contributed by atoms with van der Waals surface area (Å²) in [5.74, 6) is 0. The highest BCUT2D eigenvalue weighted by molar-refractivity contribution is 7.07. The topological polar surface area (TPSA) is 22.0 Å². The number of hydrogen-bond donors (Lipinski definition) is 0. The van der Waals surface area contributed by atoms with E-state index in [0.29, 0.717) is 6.54 Å². The molecular formula is C20H19NOS. The van der Waals surface area contributed by atoms with Gasteiger partial charge in [0.2, 0.25) is 0 Å². The van der Waals surface area contributed by atoms with Crippen molar-refractivity contribution in [3.8, 4) is 0 Å². The van der Waals surface area contributed by atoms with Crippen molar-refractivity contribution in [2.24, 2.45) is 0 Å². The van der Waals surface area contributed by atoms with Gasteiger partial charge in [0.05, 0.1) is 9.20 Å². The number of fused-ring (bicyclic) bond motifs is 2. The van der Waals surface area contributed by atoms with Crippen LogP contribution in [0.25, 0.3) is 22.9 Å². The summed E-state index contributed by atoms with van der Waals surface area (Å²) in [7, 11) is 0. The molecule has 2 nitrogen and oxygen atoms in total. The molecule has 0 bridgehead atoms. The van der Waals surface area contributed by atoms with Crippen molar-refractivity contribution < 1.29 is 0 Å². The normalized spacial score (nSPS) is 16.6. The molecule has 0 radical (unpaired) electrons. The Labute approximate surface area is 139 Å². The van der Waals surface area contributed by atoms with Gasteiger partial charge < -0.3 is 0 Å². The summed E-state index contributed by atoms with van der Waals surface area (Å²) < 4.78 is 3.52. The van der Waals surface area contributed by atoms with Crippen LogP contribution in [-0.4, -0.2) is 4.57 Å². The molecule has 23 heavy (non-hydrogen) atoms. The molecule has 1 aliphatic rings. The molecule has 0 fully saturated rings. The molecule has 116 valence electrons. The minimum absolute atomic E-state index is 0.124. The van der Waals surface area contributed by atoms with Gasteiger partial charge in [-0.2, -0.15) is 0 Å². The quantitative estimate of drug-likeness (QED) is 0.675. The van der Waals surface area contributed by atoms with Gasteiger partial charge in [0.15, 0.2) is 0 Å². The summed E-state index contributed by atoms with van der Waals surface area (Å²) in [6.07, 6.45) is 3.18. The summed E-state index contributed by atoms with van der Waals surface area (Å²) in [5.41, 5.74) is 3.96. The lowest BCUT2D eigenvalue weighted by atomic mass is 9.86. The highest BCUT2D eigenvalue weighted by Crippen LogP contribution is 2.32. The van der Waals surface area contributed by atoms with Crippen molar-refractivity contribution >= 4 is 34.3 Å². The van der Waals surface area contributed by atoms with Crippen LogP contribution in [0.2, 0.25) is 0 Å². The Bertz CT molecular complexity index is 1070. The van der Waals surface area contributed by atoms with Crippen molar-refractivity contribution in [1.29, 1.82) is 0 Å². The van der Waals surface area contributed by atoms with Crippen LogP contribution < -0.4 is 14.8 Å². The lowest BCUT2D eigenvalue weighted by Gasteiger charge is -2.19. The van der Waals surface area contributed by atoms with E-state index in [1.165, 1.54) is 27.5 Å². The van der Waals surface area contributed by atoms with E-state index in [0.717, 1.165) is 28.5 Å². The Morgan fingerprint density at radius 3 is 2.61 bits per heavy atom. The molecule has 0 N–H and O–H groups in total. The number of nitrogens with zero attached hydrogens (tertiary/aromatic N) is 1. The van der Waals surface area contributed by atoms with Gasteiger partial charge >= 0.3 is 0 Å². The lowest BCUT2D eigenvalue weighted by molar-refractivity contribution is 0.722. The summed E-state index contributed by atoms with van der Waals surface area (Å²) in [4.78, 5) is 12.7. The minimum atomic E-state index is 0.124. The molecule has 1 aliphatic carbocycles. The summed E-state index contributed by atoms with van der Waals surface area (Å²) in [6, 6.07) is 13.0. The molecule has 1 heterocycles. The van der Waals surface area contributed by atoms with Gasteiger partial charge in [0.1, 0.15) is 0 Å². The summed E-state index contributed by atoms with van der Waals surface area (Å²) in [6.45, 7) is 6.73.